The van der Waals surface area contributed by atoms with Gasteiger partial charge in [0.1, 0.15) is 11.9 Å². The molecule has 2 bridgehead atoms. The van der Waals surface area contributed by atoms with Crippen LogP contribution in [-0.2, 0) is 16.6 Å². The van der Waals surface area contributed by atoms with Crippen LogP contribution in [0.15, 0.2) is 48.5 Å². The van der Waals surface area contributed by atoms with Gasteiger partial charge in [-0.25, -0.2) is 0 Å². The Morgan fingerprint density at radius 3 is 2.77 bits per heavy atom. The largest absolute Gasteiger partial charge is 0.487 e. The van der Waals surface area contributed by atoms with Crippen molar-refractivity contribution in [1.82, 2.24) is 9.80 Å². The molecule has 4 aliphatic rings. The number of ether oxygens (including phenoxy) is 1. The molecule has 1 amide bonds. The van der Waals surface area contributed by atoms with Crippen LogP contribution >= 0.6 is 0 Å². The molecule has 6 rings (SSSR count). The van der Waals surface area contributed by atoms with Gasteiger partial charge in [-0.2, -0.15) is 0 Å². The van der Waals surface area contributed by atoms with E-state index in [0.717, 1.165) is 30.7 Å². The van der Waals surface area contributed by atoms with E-state index in [1.807, 2.05) is 41.3 Å². The van der Waals surface area contributed by atoms with Crippen LogP contribution in [0.3, 0.4) is 0 Å². The van der Waals surface area contributed by atoms with Gasteiger partial charge in [-0.05, 0) is 69.0 Å². The highest BCUT2D eigenvalue weighted by Crippen LogP contribution is 2.64. The van der Waals surface area contributed by atoms with Crippen LogP contribution in [0.4, 0.5) is 0 Å². The molecule has 5 heteroatoms. The Hall–Kier alpha value is -2.81. The number of likely N-dealkylation sites (N-methyl/N-ethyl adjacent to an activating group) is 1. The number of carbonyl (C=O) groups is 1. The van der Waals surface area contributed by atoms with Crippen molar-refractivity contribution in [3.8, 4) is 17.6 Å². The molecule has 35 heavy (non-hydrogen) atoms. The van der Waals surface area contributed by atoms with Crippen molar-refractivity contribution in [2.45, 2.75) is 68.7 Å². The van der Waals surface area contributed by atoms with Crippen LogP contribution in [0, 0.1) is 17.8 Å². The average Bonchev–Trinajstić information content (AvgIpc) is 3.19. The summed E-state index contributed by atoms with van der Waals surface area (Å²) >= 11 is 0. The first kappa shape index (κ1) is 22.6. The molecule has 182 valence electrons. The molecule has 2 heterocycles. The molecule has 2 aliphatic heterocycles. The second kappa shape index (κ2) is 8.11. The maximum Gasteiger partial charge on any atom is 0.299 e. The van der Waals surface area contributed by atoms with Gasteiger partial charge in [0.2, 0.25) is 0 Å². The minimum absolute atomic E-state index is 0.0660. The predicted molar refractivity (Wildman–Crippen MR) is 135 cm³/mol. The van der Waals surface area contributed by atoms with Crippen molar-refractivity contribution < 1.29 is 14.6 Å². The topological polar surface area (TPSA) is 53.0 Å². The Morgan fingerprint density at radius 2 is 2.00 bits per heavy atom. The van der Waals surface area contributed by atoms with Gasteiger partial charge >= 0.3 is 0 Å². The first-order valence-corrected chi connectivity index (χ1v) is 12.9. The SMILES string of the molecule is CC(C)CN(C(=O)C#Cc1ccccc1)[C@H]1CC[C@@]2(O)[C@H]3Cc4cccc5c4[C@@]2(CCN3C)[C@H]1O5. The lowest BCUT2D eigenvalue weighted by atomic mass is 9.48. The summed E-state index contributed by atoms with van der Waals surface area (Å²) in [5, 5.41) is 12.4. The number of hydrogen-bond donors (Lipinski definition) is 1. The van der Waals surface area contributed by atoms with Gasteiger partial charge in [0.15, 0.2) is 0 Å². The van der Waals surface area contributed by atoms with E-state index in [2.05, 4.69) is 49.8 Å². The number of rotatable bonds is 3. The quantitative estimate of drug-likeness (QED) is 0.699. The Balaban J connectivity index is 1.42. The van der Waals surface area contributed by atoms with Gasteiger partial charge in [-0.15, -0.1) is 0 Å². The van der Waals surface area contributed by atoms with Crippen LogP contribution < -0.4 is 4.74 Å². The highest BCUT2D eigenvalue weighted by atomic mass is 16.5. The molecular weight excluding hydrogens is 436 g/mol. The Kier molecular flexibility index (Phi) is 5.25. The lowest BCUT2D eigenvalue weighted by Gasteiger charge is -2.64. The zero-order chi connectivity index (χ0) is 24.4. The van der Waals surface area contributed by atoms with Gasteiger partial charge in [0, 0.05) is 29.6 Å². The molecule has 2 fully saturated rings. The minimum Gasteiger partial charge on any atom is -0.487 e. The van der Waals surface area contributed by atoms with Gasteiger partial charge in [-0.3, -0.25) is 4.79 Å². The van der Waals surface area contributed by atoms with Gasteiger partial charge in [0.25, 0.3) is 5.91 Å². The second-order valence-corrected chi connectivity index (χ2v) is 11.2. The summed E-state index contributed by atoms with van der Waals surface area (Å²) in [6.07, 6.45) is 2.78. The number of nitrogens with zero attached hydrogens (tertiary/aromatic N) is 2. The second-order valence-electron chi connectivity index (χ2n) is 11.2. The van der Waals surface area contributed by atoms with Gasteiger partial charge < -0.3 is 19.6 Å². The van der Waals surface area contributed by atoms with Crippen LogP contribution in [0.2, 0.25) is 0 Å². The standard InChI is InChI=1S/C30H34N2O3/c1-20(2)19-32(26(33)13-12-21-8-5-4-6-9-21)23-14-15-30(34)25-18-22-10-7-11-24-27(22)29(30,28(23)35-24)16-17-31(25)3/h4-11,20,23,25,28,34H,14-19H2,1-3H3/t23-,25+,28-,29-,30+/m0/s1. The van der Waals surface area contributed by atoms with Crippen LogP contribution in [0.1, 0.15) is 49.8 Å². The van der Waals surface area contributed by atoms with Crippen molar-refractivity contribution >= 4 is 5.91 Å². The van der Waals surface area contributed by atoms with E-state index in [4.69, 9.17) is 4.74 Å². The molecule has 0 radical (unpaired) electrons. The minimum atomic E-state index is -0.858. The molecule has 2 aromatic carbocycles. The molecule has 5 atom stereocenters. The first-order chi connectivity index (χ1) is 16.8. The Morgan fingerprint density at radius 1 is 1.20 bits per heavy atom. The summed E-state index contributed by atoms with van der Waals surface area (Å²) in [4.78, 5) is 17.9. The highest BCUT2D eigenvalue weighted by molar-refractivity contribution is 5.94. The Bertz CT molecular complexity index is 1220. The summed E-state index contributed by atoms with van der Waals surface area (Å²) < 4.78 is 6.75. The summed E-state index contributed by atoms with van der Waals surface area (Å²) in [5.41, 5.74) is 1.98. The number of likely N-dealkylation sites (tertiary alicyclic amines) is 1. The van der Waals surface area contributed by atoms with E-state index in [1.165, 1.54) is 11.1 Å². The zero-order valence-corrected chi connectivity index (χ0v) is 20.8. The molecule has 2 aliphatic carbocycles. The molecule has 1 N–H and O–H groups in total. The molecule has 2 aromatic rings. The third kappa shape index (κ3) is 3.20. The lowest BCUT2D eigenvalue weighted by molar-refractivity contribution is -0.197. The highest BCUT2D eigenvalue weighted by Gasteiger charge is 2.72. The molecule has 0 unspecified atom stereocenters. The number of carbonyl (C=O) groups excluding carboxylic acids is 1. The Labute approximate surface area is 208 Å². The van der Waals surface area contributed by atoms with Crippen molar-refractivity contribution in [2.75, 3.05) is 20.1 Å². The molecule has 0 aromatic heterocycles. The summed E-state index contributed by atoms with van der Waals surface area (Å²) in [7, 11) is 2.13. The number of amides is 1. The zero-order valence-electron chi connectivity index (χ0n) is 20.8. The van der Waals surface area contributed by atoms with E-state index < -0.39 is 11.0 Å². The molecule has 1 spiro atoms. The molecular formula is C30H34N2O3. The molecule has 1 saturated heterocycles. The van der Waals surface area contributed by atoms with E-state index in [1.54, 1.807) is 0 Å². The maximum atomic E-state index is 13.6. The van der Waals surface area contributed by atoms with Crippen molar-refractivity contribution in [3.63, 3.8) is 0 Å². The van der Waals surface area contributed by atoms with Crippen LogP contribution in [-0.4, -0.2) is 64.7 Å². The summed E-state index contributed by atoms with van der Waals surface area (Å²) in [5.74, 6) is 7.02. The number of aliphatic hydroxyl groups is 1. The van der Waals surface area contributed by atoms with Gasteiger partial charge in [-0.1, -0.05) is 50.1 Å². The smallest absolute Gasteiger partial charge is 0.299 e. The van der Waals surface area contributed by atoms with E-state index in [-0.39, 0.29) is 24.1 Å². The summed E-state index contributed by atoms with van der Waals surface area (Å²) in [6, 6.07) is 15.9. The monoisotopic (exact) mass is 470 g/mol. The van der Waals surface area contributed by atoms with Crippen LogP contribution in [0.5, 0.6) is 5.75 Å². The third-order valence-electron chi connectivity index (χ3n) is 8.91. The van der Waals surface area contributed by atoms with Gasteiger partial charge in [0.05, 0.1) is 17.1 Å². The molecule has 5 nitrogen and oxygen atoms in total. The third-order valence-corrected chi connectivity index (χ3v) is 8.91. The molecule has 1 saturated carbocycles. The van der Waals surface area contributed by atoms with Crippen molar-refractivity contribution in [1.29, 1.82) is 0 Å². The normalized spacial score (nSPS) is 32.3. The lowest BCUT2D eigenvalue weighted by Crippen LogP contribution is -2.78. The average molecular weight is 471 g/mol. The number of piperidine rings is 1. The van der Waals surface area contributed by atoms with Crippen LogP contribution in [0.25, 0.3) is 0 Å². The van der Waals surface area contributed by atoms with Crippen molar-refractivity contribution in [2.24, 2.45) is 5.92 Å². The number of hydrogen-bond acceptors (Lipinski definition) is 4. The van der Waals surface area contributed by atoms with E-state index in [0.29, 0.717) is 25.3 Å². The first-order valence-electron chi connectivity index (χ1n) is 12.9. The summed E-state index contributed by atoms with van der Waals surface area (Å²) in [6.45, 7) is 5.81. The van der Waals surface area contributed by atoms with Crippen molar-refractivity contribution in [3.05, 3.63) is 65.2 Å². The fourth-order valence-electron chi connectivity index (χ4n) is 7.50. The maximum absolute atomic E-state index is 13.6. The van der Waals surface area contributed by atoms with E-state index in [9.17, 15) is 9.90 Å². The van der Waals surface area contributed by atoms with E-state index >= 15 is 0 Å². The fourth-order valence-corrected chi connectivity index (χ4v) is 7.50. The fraction of sp³-hybridized carbons (Fsp3) is 0.500. The number of benzene rings is 2. The predicted octanol–water partition coefficient (Wildman–Crippen LogP) is 3.38.